The average molecular weight is 401 g/mol. The van der Waals surface area contributed by atoms with Crippen LogP contribution in [-0.4, -0.2) is 25.8 Å². The van der Waals surface area contributed by atoms with Gasteiger partial charge in [-0.1, -0.05) is 12.2 Å². The number of anilines is 1. The number of benzene rings is 1. The molecule has 0 amide bonds. The molecular weight excluding hydrogens is 376 g/mol. The second-order valence-electron chi connectivity index (χ2n) is 7.78. The Kier molecular flexibility index (Phi) is 4.18. The van der Waals surface area contributed by atoms with Crippen LogP contribution in [-0.2, 0) is 10.0 Å². The predicted molar refractivity (Wildman–Crippen MR) is 110 cm³/mol. The maximum Gasteiger partial charge on any atom is 0.243 e. The summed E-state index contributed by atoms with van der Waals surface area (Å²) < 4.78 is 27.6. The molecule has 0 radical (unpaired) electrons. The fourth-order valence-corrected chi connectivity index (χ4v) is 7.27. The van der Waals surface area contributed by atoms with Crippen LogP contribution in [0, 0.1) is 12.8 Å². The Morgan fingerprint density at radius 3 is 2.70 bits per heavy atom. The van der Waals surface area contributed by atoms with Gasteiger partial charge in [-0.05, 0) is 68.0 Å². The van der Waals surface area contributed by atoms with E-state index in [1.807, 2.05) is 23.5 Å². The van der Waals surface area contributed by atoms with Crippen molar-refractivity contribution in [3.63, 3.8) is 0 Å². The van der Waals surface area contributed by atoms with E-state index in [4.69, 9.17) is 0 Å². The van der Waals surface area contributed by atoms with E-state index >= 15 is 0 Å². The Labute approximate surface area is 165 Å². The van der Waals surface area contributed by atoms with E-state index in [1.165, 1.54) is 9.75 Å². The van der Waals surface area contributed by atoms with Crippen molar-refractivity contribution >= 4 is 27.0 Å². The van der Waals surface area contributed by atoms with Crippen molar-refractivity contribution in [3.05, 3.63) is 57.8 Å². The molecule has 1 aromatic carbocycles. The van der Waals surface area contributed by atoms with Crippen LogP contribution in [0.2, 0.25) is 0 Å². The molecule has 1 N–H and O–H groups in total. The predicted octanol–water partition coefficient (Wildman–Crippen LogP) is 4.67. The molecule has 4 nitrogen and oxygen atoms in total. The highest BCUT2D eigenvalue weighted by Gasteiger charge is 2.39. The Morgan fingerprint density at radius 2 is 1.96 bits per heavy atom. The van der Waals surface area contributed by atoms with Gasteiger partial charge in [0.15, 0.2) is 0 Å². The van der Waals surface area contributed by atoms with E-state index in [0.717, 1.165) is 30.5 Å². The third-order valence-corrected chi connectivity index (χ3v) is 9.08. The van der Waals surface area contributed by atoms with E-state index in [2.05, 4.69) is 36.5 Å². The molecule has 6 heteroatoms. The summed E-state index contributed by atoms with van der Waals surface area (Å²) in [5.74, 6) is 0.725. The molecule has 27 heavy (non-hydrogen) atoms. The monoisotopic (exact) mass is 400 g/mol. The van der Waals surface area contributed by atoms with E-state index in [1.54, 1.807) is 10.4 Å². The summed E-state index contributed by atoms with van der Waals surface area (Å²) in [6.45, 7) is 3.43. The van der Waals surface area contributed by atoms with E-state index in [-0.39, 0.29) is 12.0 Å². The molecule has 1 saturated heterocycles. The zero-order valence-corrected chi connectivity index (χ0v) is 17.0. The van der Waals surface area contributed by atoms with Crippen LogP contribution < -0.4 is 5.32 Å². The smallest absolute Gasteiger partial charge is 0.243 e. The number of hydrogen-bond acceptors (Lipinski definition) is 4. The van der Waals surface area contributed by atoms with Crippen molar-refractivity contribution in [2.24, 2.45) is 5.92 Å². The van der Waals surface area contributed by atoms with Crippen LogP contribution in [0.5, 0.6) is 0 Å². The van der Waals surface area contributed by atoms with Crippen molar-refractivity contribution < 1.29 is 8.42 Å². The van der Waals surface area contributed by atoms with Gasteiger partial charge in [0.2, 0.25) is 10.0 Å². The molecular formula is C21H24N2O2S2. The first-order valence-corrected chi connectivity index (χ1v) is 11.9. The number of thiophene rings is 1. The molecule has 5 rings (SSSR count). The van der Waals surface area contributed by atoms with Crippen molar-refractivity contribution in [1.29, 1.82) is 0 Å². The fraction of sp³-hybridized carbons (Fsp3) is 0.429. The van der Waals surface area contributed by atoms with Gasteiger partial charge in [0.1, 0.15) is 0 Å². The van der Waals surface area contributed by atoms with Gasteiger partial charge in [0.05, 0.1) is 10.9 Å². The molecule has 1 aliphatic carbocycles. The molecule has 0 bridgehead atoms. The van der Waals surface area contributed by atoms with Gasteiger partial charge in [-0.3, -0.25) is 0 Å². The topological polar surface area (TPSA) is 49.4 Å². The van der Waals surface area contributed by atoms with Gasteiger partial charge in [0, 0.05) is 34.4 Å². The summed E-state index contributed by atoms with van der Waals surface area (Å²) in [5, 5.41) is 3.71. The van der Waals surface area contributed by atoms with Crippen LogP contribution in [0.15, 0.2) is 47.4 Å². The first kappa shape index (κ1) is 17.5. The van der Waals surface area contributed by atoms with Crippen molar-refractivity contribution in [3.8, 4) is 0 Å². The number of aryl methyl sites for hydroxylation is 1. The Bertz CT molecular complexity index is 1000. The van der Waals surface area contributed by atoms with Gasteiger partial charge in [-0.2, -0.15) is 4.31 Å². The van der Waals surface area contributed by atoms with Crippen LogP contribution in [0.3, 0.4) is 0 Å². The summed E-state index contributed by atoms with van der Waals surface area (Å²) in [6.07, 6.45) is 7.47. The lowest BCUT2D eigenvalue weighted by atomic mass is 9.79. The maximum absolute atomic E-state index is 13.0. The van der Waals surface area contributed by atoms with E-state index in [9.17, 15) is 8.42 Å². The Balaban J connectivity index is 1.54. The van der Waals surface area contributed by atoms with Gasteiger partial charge in [-0.25, -0.2) is 8.42 Å². The third kappa shape index (κ3) is 2.85. The van der Waals surface area contributed by atoms with Gasteiger partial charge in [-0.15, -0.1) is 11.3 Å². The van der Waals surface area contributed by atoms with Crippen LogP contribution in [0.25, 0.3) is 0 Å². The van der Waals surface area contributed by atoms with Crippen LogP contribution in [0.1, 0.15) is 46.5 Å². The number of fused-ring (bicyclic) bond motifs is 3. The molecule has 0 saturated carbocycles. The summed E-state index contributed by atoms with van der Waals surface area (Å²) in [5.41, 5.74) is 2.19. The molecule has 142 valence electrons. The Hall–Kier alpha value is -1.63. The molecule has 1 aromatic heterocycles. The molecule has 3 aliphatic rings. The molecule has 0 spiro atoms. The number of nitrogens with zero attached hydrogens (tertiary/aromatic N) is 1. The van der Waals surface area contributed by atoms with Crippen molar-refractivity contribution in [1.82, 2.24) is 4.31 Å². The zero-order chi connectivity index (χ0) is 18.6. The highest BCUT2D eigenvalue weighted by molar-refractivity contribution is 7.89. The minimum Gasteiger partial charge on any atom is -0.377 e. The average Bonchev–Trinajstić information content (AvgIpc) is 3.41. The molecule has 3 unspecified atom stereocenters. The second kappa shape index (κ2) is 6.47. The molecule has 1 fully saturated rings. The number of rotatable bonds is 3. The lowest BCUT2D eigenvalue weighted by molar-refractivity contribution is 0.429. The largest absolute Gasteiger partial charge is 0.377 e. The van der Waals surface area contributed by atoms with Crippen LogP contribution >= 0.6 is 11.3 Å². The van der Waals surface area contributed by atoms with Crippen molar-refractivity contribution in [2.45, 2.75) is 43.0 Å². The van der Waals surface area contributed by atoms with Gasteiger partial charge < -0.3 is 5.32 Å². The van der Waals surface area contributed by atoms with Gasteiger partial charge >= 0.3 is 0 Å². The first-order valence-electron chi connectivity index (χ1n) is 9.68. The third-order valence-electron chi connectivity index (χ3n) is 6.10. The second-order valence-corrected chi connectivity index (χ2v) is 11.0. The standard InChI is InChI=1S/C21H24N2O2S2/c1-14-7-10-20(26-14)21-17-6-4-5-16(17)18-13-15(8-9-19(18)22-21)27(24,25)23-11-2-3-12-23/h4-5,7-10,13,16-17,21-22H,2-3,6,11-12H2,1H3. The minimum atomic E-state index is -3.38. The minimum absolute atomic E-state index is 0.280. The normalized spacial score (nSPS) is 27.4. The molecule has 2 aliphatic heterocycles. The van der Waals surface area contributed by atoms with Crippen molar-refractivity contribution in [2.75, 3.05) is 18.4 Å². The van der Waals surface area contributed by atoms with E-state index in [0.29, 0.717) is 23.9 Å². The molecule has 3 heterocycles. The highest BCUT2D eigenvalue weighted by Crippen LogP contribution is 2.51. The number of allylic oxidation sites excluding steroid dienone is 2. The maximum atomic E-state index is 13.0. The van der Waals surface area contributed by atoms with Gasteiger partial charge in [0.25, 0.3) is 0 Å². The summed E-state index contributed by atoms with van der Waals surface area (Å²) in [7, 11) is -3.38. The number of nitrogens with one attached hydrogen (secondary N) is 1. The SMILES string of the molecule is Cc1ccc(C2Nc3ccc(S(=O)(=O)N4CCCC4)cc3C3C=CCC32)s1. The highest BCUT2D eigenvalue weighted by atomic mass is 32.2. The summed E-state index contributed by atoms with van der Waals surface area (Å²) in [6, 6.07) is 10.4. The zero-order valence-electron chi connectivity index (χ0n) is 15.4. The molecule has 3 atom stereocenters. The lowest BCUT2D eigenvalue weighted by Crippen LogP contribution is -2.30. The first-order chi connectivity index (χ1) is 13.0. The quantitative estimate of drug-likeness (QED) is 0.762. The number of sulfonamides is 1. The lowest BCUT2D eigenvalue weighted by Gasteiger charge is -2.37. The fourth-order valence-electron chi connectivity index (χ4n) is 4.71. The molecule has 2 aromatic rings. The summed E-state index contributed by atoms with van der Waals surface area (Å²) in [4.78, 5) is 3.13. The Morgan fingerprint density at radius 1 is 1.15 bits per heavy atom. The number of hydrogen-bond donors (Lipinski definition) is 1. The summed E-state index contributed by atoms with van der Waals surface area (Å²) >= 11 is 1.85. The van der Waals surface area contributed by atoms with E-state index < -0.39 is 10.0 Å². The van der Waals surface area contributed by atoms with Crippen LogP contribution in [0.4, 0.5) is 5.69 Å².